The zero-order valence-corrected chi connectivity index (χ0v) is 13.4. The van der Waals surface area contributed by atoms with Gasteiger partial charge in [-0.3, -0.25) is 4.79 Å². The molecule has 2 aromatic rings. The summed E-state index contributed by atoms with van der Waals surface area (Å²) in [5.74, 6) is -2.20. The van der Waals surface area contributed by atoms with E-state index >= 15 is 0 Å². The summed E-state index contributed by atoms with van der Waals surface area (Å²) in [4.78, 5) is 25.1. The minimum absolute atomic E-state index is 0.0674. The molecule has 2 aromatic carbocycles. The van der Waals surface area contributed by atoms with Gasteiger partial charge in [0.05, 0.1) is 12.0 Å². The Morgan fingerprint density at radius 1 is 1.17 bits per heavy atom. The fourth-order valence-corrected chi connectivity index (χ4v) is 3.03. The van der Waals surface area contributed by atoms with Crippen LogP contribution < -0.4 is 0 Å². The van der Waals surface area contributed by atoms with Crippen LogP contribution in [0.2, 0.25) is 0 Å². The maximum absolute atomic E-state index is 13.7. The Hall–Kier alpha value is -2.69. The van der Waals surface area contributed by atoms with E-state index in [1.54, 1.807) is 4.90 Å². The van der Waals surface area contributed by atoms with Gasteiger partial charge in [-0.05, 0) is 42.2 Å². The maximum atomic E-state index is 13.7. The SMILES string of the molecule is Cc1ccc2c(c1)CN(C(=O)Cc1ccc(C(=O)O)c(F)c1)CC2. The number of fused-ring (bicyclic) bond motifs is 1. The molecule has 1 aliphatic heterocycles. The summed E-state index contributed by atoms with van der Waals surface area (Å²) in [5.41, 5.74) is 3.68. The van der Waals surface area contributed by atoms with Crippen molar-refractivity contribution in [1.82, 2.24) is 4.90 Å². The third kappa shape index (κ3) is 3.30. The summed E-state index contributed by atoms with van der Waals surface area (Å²) in [6.07, 6.45) is 0.881. The van der Waals surface area contributed by atoms with Crippen LogP contribution in [0.25, 0.3) is 0 Å². The van der Waals surface area contributed by atoms with Crippen LogP contribution in [0.3, 0.4) is 0 Å². The molecule has 1 heterocycles. The average molecular weight is 327 g/mol. The van der Waals surface area contributed by atoms with Crippen molar-refractivity contribution in [3.63, 3.8) is 0 Å². The predicted octanol–water partition coefficient (Wildman–Crippen LogP) is 2.96. The van der Waals surface area contributed by atoms with Gasteiger partial charge in [0.1, 0.15) is 5.82 Å². The summed E-state index contributed by atoms with van der Waals surface area (Å²) in [6, 6.07) is 10.1. The molecule has 0 atom stereocenters. The summed E-state index contributed by atoms with van der Waals surface area (Å²) in [7, 11) is 0. The van der Waals surface area contributed by atoms with Crippen molar-refractivity contribution in [3.8, 4) is 0 Å². The summed E-state index contributed by atoms with van der Waals surface area (Å²) >= 11 is 0. The van der Waals surface area contributed by atoms with Gasteiger partial charge < -0.3 is 10.0 Å². The first-order valence-electron chi connectivity index (χ1n) is 7.82. The molecule has 0 aromatic heterocycles. The van der Waals surface area contributed by atoms with E-state index in [2.05, 4.69) is 18.2 Å². The Balaban J connectivity index is 1.72. The van der Waals surface area contributed by atoms with Gasteiger partial charge >= 0.3 is 5.97 Å². The summed E-state index contributed by atoms with van der Waals surface area (Å²) in [6.45, 7) is 3.23. The topological polar surface area (TPSA) is 57.6 Å². The Kier molecular flexibility index (Phi) is 4.34. The van der Waals surface area contributed by atoms with E-state index in [1.165, 1.54) is 17.7 Å². The molecule has 0 saturated carbocycles. The van der Waals surface area contributed by atoms with Crippen molar-refractivity contribution in [2.45, 2.75) is 26.3 Å². The first-order chi connectivity index (χ1) is 11.4. The quantitative estimate of drug-likeness (QED) is 0.943. The number of carboxylic acid groups (broad SMARTS) is 1. The van der Waals surface area contributed by atoms with Crippen molar-refractivity contribution in [3.05, 3.63) is 70.0 Å². The number of halogens is 1. The number of carboxylic acids is 1. The van der Waals surface area contributed by atoms with Gasteiger partial charge in [0, 0.05) is 13.1 Å². The first kappa shape index (κ1) is 16.2. The fourth-order valence-electron chi connectivity index (χ4n) is 3.03. The van der Waals surface area contributed by atoms with Crippen LogP contribution in [-0.4, -0.2) is 28.4 Å². The molecule has 0 fully saturated rings. The lowest BCUT2D eigenvalue weighted by molar-refractivity contribution is -0.131. The van der Waals surface area contributed by atoms with Gasteiger partial charge in [0.15, 0.2) is 0 Å². The van der Waals surface area contributed by atoms with Crippen molar-refractivity contribution < 1.29 is 19.1 Å². The van der Waals surface area contributed by atoms with E-state index in [4.69, 9.17) is 5.11 Å². The monoisotopic (exact) mass is 327 g/mol. The van der Waals surface area contributed by atoms with E-state index < -0.39 is 11.8 Å². The molecular weight excluding hydrogens is 309 g/mol. The van der Waals surface area contributed by atoms with E-state index in [-0.39, 0.29) is 17.9 Å². The van der Waals surface area contributed by atoms with Crippen LogP contribution in [-0.2, 0) is 24.2 Å². The molecule has 0 aliphatic carbocycles. The Labute approximate surface area is 139 Å². The number of hydrogen-bond donors (Lipinski definition) is 1. The van der Waals surface area contributed by atoms with Gasteiger partial charge in [-0.25, -0.2) is 9.18 Å². The van der Waals surface area contributed by atoms with Crippen molar-refractivity contribution >= 4 is 11.9 Å². The molecular formula is C19H18FNO3. The molecule has 0 radical (unpaired) electrons. The maximum Gasteiger partial charge on any atom is 0.338 e. The smallest absolute Gasteiger partial charge is 0.338 e. The number of amides is 1. The number of rotatable bonds is 3. The fraction of sp³-hybridized carbons (Fsp3) is 0.263. The highest BCUT2D eigenvalue weighted by atomic mass is 19.1. The zero-order chi connectivity index (χ0) is 17.3. The first-order valence-corrected chi connectivity index (χ1v) is 7.82. The molecule has 1 N–H and O–H groups in total. The van der Waals surface area contributed by atoms with Crippen LogP contribution in [0.1, 0.15) is 32.6 Å². The highest BCUT2D eigenvalue weighted by Crippen LogP contribution is 2.21. The van der Waals surface area contributed by atoms with Crippen molar-refractivity contribution in [2.24, 2.45) is 0 Å². The number of carbonyl (C=O) groups excluding carboxylic acids is 1. The van der Waals surface area contributed by atoms with E-state index in [0.717, 1.165) is 23.6 Å². The van der Waals surface area contributed by atoms with E-state index in [0.29, 0.717) is 18.7 Å². The molecule has 0 unspecified atom stereocenters. The van der Waals surface area contributed by atoms with Crippen molar-refractivity contribution in [2.75, 3.05) is 6.54 Å². The number of benzene rings is 2. The molecule has 4 nitrogen and oxygen atoms in total. The van der Waals surface area contributed by atoms with Crippen LogP contribution >= 0.6 is 0 Å². The Morgan fingerprint density at radius 3 is 2.67 bits per heavy atom. The lowest BCUT2D eigenvalue weighted by Gasteiger charge is -2.29. The van der Waals surface area contributed by atoms with Gasteiger partial charge in [0.2, 0.25) is 5.91 Å². The molecule has 3 rings (SSSR count). The largest absolute Gasteiger partial charge is 0.478 e. The Bertz CT molecular complexity index is 816. The lowest BCUT2D eigenvalue weighted by atomic mass is 9.97. The number of aromatic carboxylic acids is 1. The van der Waals surface area contributed by atoms with E-state index in [1.807, 2.05) is 6.92 Å². The standard InChI is InChI=1S/C19H18FNO3/c1-12-2-4-14-6-7-21(11-15(14)8-12)18(22)10-13-3-5-16(19(23)24)17(20)9-13/h2-5,8-9H,6-7,10-11H2,1H3,(H,23,24). The molecule has 24 heavy (non-hydrogen) atoms. The number of nitrogens with zero attached hydrogens (tertiary/aromatic N) is 1. The second-order valence-corrected chi connectivity index (χ2v) is 6.13. The zero-order valence-electron chi connectivity index (χ0n) is 13.4. The summed E-state index contributed by atoms with van der Waals surface area (Å²) in [5, 5.41) is 8.84. The second kappa shape index (κ2) is 6.43. The normalized spacial score (nSPS) is 13.5. The molecule has 0 bridgehead atoms. The average Bonchev–Trinajstić information content (AvgIpc) is 2.53. The lowest BCUT2D eigenvalue weighted by Crippen LogP contribution is -2.37. The minimum Gasteiger partial charge on any atom is -0.478 e. The molecule has 124 valence electrons. The van der Waals surface area contributed by atoms with Gasteiger partial charge in [-0.1, -0.05) is 29.8 Å². The molecule has 5 heteroatoms. The van der Waals surface area contributed by atoms with Gasteiger partial charge in [0.25, 0.3) is 0 Å². The molecule has 1 aliphatic rings. The van der Waals surface area contributed by atoms with Gasteiger partial charge in [-0.2, -0.15) is 0 Å². The van der Waals surface area contributed by atoms with Crippen LogP contribution in [0.4, 0.5) is 4.39 Å². The van der Waals surface area contributed by atoms with Crippen LogP contribution in [0, 0.1) is 12.7 Å². The highest BCUT2D eigenvalue weighted by molar-refractivity contribution is 5.88. The van der Waals surface area contributed by atoms with E-state index in [9.17, 15) is 14.0 Å². The van der Waals surface area contributed by atoms with Crippen LogP contribution in [0.5, 0.6) is 0 Å². The minimum atomic E-state index is -1.31. The predicted molar refractivity (Wildman–Crippen MR) is 87.4 cm³/mol. The van der Waals surface area contributed by atoms with Crippen LogP contribution in [0.15, 0.2) is 36.4 Å². The number of carbonyl (C=O) groups is 2. The Morgan fingerprint density at radius 2 is 1.96 bits per heavy atom. The third-order valence-corrected chi connectivity index (χ3v) is 4.35. The summed E-state index contributed by atoms with van der Waals surface area (Å²) < 4.78 is 13.7. The third-order valence-electron chi connectivity index (χ3n) is 4.35. The van der Waals surface area contributed by atoms with Gasteiger partial charge in [-0.15, -0.1) is 0 Å². The number of hydrogen-bond acceptors (Lipinski definition) is 2. The molecule has 1 amide bonds. The highest BCUT2D eigenvalue weighted by Gasteiger charge is 2.21. The number of aryl methyl sites for hydroxylation is 1. The molecule has 0 saturated heterocycles. The second-order valence-electron chi connectivity index (χ2n) is 6.13. The molecule has 0 spiro atoms. The van der Waals surface area contributed by atoms with Crippen molar-refractivity contribution in [1.29, 1.82) is 0 Å².